The highest BCUT2D eigenvalue weighted by Gasteiger charge is 2.38. The lowest BCUT2D eigenvalue weighted by Crippen LogP contribution is -2.46. The van der Waals surface area contributed by atoms with Crippen LogP contribution in [0.1, 0.15) is 39.0 Å². The van der Waals surface area contributed by atoms with Crippen molar-refractivity contribution >= 4 is 27.4 Å². The maximum absolute atomic E-state index is 12.6. The Balaban J connectivity index is 1.73. The average molecular weight is 341 g/mol. The molecule has 2 amide bonds. The minimum atomic E-state index is -3.09. The first-order valence-electron chi connectivity index (χ1n) is 8.25. The van der Waals surface area contributed by atoms with Crippen LogP contribution < -0.4 is 0 Å². The molecular formula is C15H23N3O4S. The molecule has 3 rings (SSSR count). The zero-order chi connectivity index (χ0) is 16.6. The lowest BCUT2D eigenvalue weighted by Gasteiger charge is -2.33. The highest BCUT2D eigenvalue weighted by atomic mass is 32.2. The average Bonchev–Trinajstić information content (AvgIpc) is 2.88. The van der Waals surface area contributed by atoms with Crippen LogP contribution in [0.15, 0.2) is 5.10 Å². The number of amides is 2. The monoisotopic (exact) mass is 341 g/mol. The number of likely N-dealkylation sites (tertiary alicyclic amines) is 1. The van der Waals surface area contributed by atoms with E-state index in [1.807, 2.05) is 0 Å². The molecule has 7 nitrogen and oxygen atoms in total. The number of carbonyl (C=O) groups excluding carboxylic acids is 2. The minimum absolute atomic E-state index is 0.0507. The molecular weight excluding hydrogens is 318 g/mol. The van der Waals surface area contributed by atoms with Gasteiger partial charge in [-0.25, -0.2) is 13.4 Å². The Morgan fingerprint density at radius 2 is 1.87 bits per heavy atom. The second-order valence-electron chi connectivity index (χ2n) is 6.82. The zero-order valence-corrected chi connectivity index (χ0v) is 14.2. The number of hydrogen-bond acceptors (Lipinski definition) is 5. The fourth-order valence-electron chi connectivity index (χ4n) is 3.37. The number of carbonyl (C=O) groups is 2. The second-order valence-corrected chi connectivity index (χ2v) is 9.05. The number of hydrazone groups is 1. The van der Waals surface area contributed by atoms with E-state index in [2.05, 4.69) is 12.0 Å². The lowest BCUT2D eigenvalue weighted by molar-refractivity contribution is -0.134. The molecule has 3 aliphatic rings. The molecule has 0 N–H and O–H groups in total. The van der Waals surface area contributed by atoms with E-state index in [1.165, 1.54) is 5.01 Å². The van der Waals surface area contributed by atoms with Crippen molar-refractivity contribution in [2.45, 2.75) is 45.1 Å². The van der Waals surface area contributed by atoms with Crippen LogP contribution in [0.3, 0.4) is 0 Å². The summed E-state index contributed by atoms with van der Waals surface area (Å²) in [5.74, 6) is 0.384. The molecule has 128 valence electrons. The van der Waals surface area contributed by atoms with E-state index in [-0.39, 0.29) is 29.7 Å². The summed E-state index contributed by atoms with van der Waals surface area (Å²) in [5, 5.41) is 5.51. The summed E-state index contributed by atoms with van der Waals surface area (Å²) >= 11 is 0. The maximum atomic E-state index is 12.6. The lowest BCUT2D eigenvalue weighted by atomic mass is 9.98. The molecule has 1 atom stereocenters. The van der Waals surface area contributed by atoms with Gasteiger partial charge in [0.1, 0.15) is 5.71 Å². The molecule has 0 spiro atoms. The zero-order valence-electron chi connectivity index (χ0n) is 13.4. The summed E-state index contributed by atoms with van der Waals surface area (Å²) in [4.78, 5) is 26.5. The summed E-state index contributed by atoms with van der Waals surface area (Å²) in [6.45, 7) is 3.64. The van der Waals surface area contributed by atoms with Crippen LogP contribution >= 0.6 is 0 Å². The summed E-state index contributed by atoms with van der Waals surface area (Å²) < 4.78 is 23.2. The molecule has 0 aromatic heterocycles. The first-order chi connectivity index (χ1) is 10.9. The summed E-state index contributed by atoms with van der Waals surface area (Å²) in [5.41, 5.74) is 0.392. The van der Waals surface area contributed by atoms with Crippen LogP contribution in [0.5, 0.6) is 0 Å². The Morgan fingerprint density at radius 1 is 1.17 bits per heavy atom. The Labute approximate surface area is 136 Å². The third-order valence-corrected chi connectivity index (χ3v) is 6.68. The largest absolute Gasteiger partial charge is 0.338 e. The van der Waals surface area contributed by atoms with Crippen molar-refractivity contribution in [1.29, 1.82) is 0 Å². The summed E-state index contributed by atoms with van der Waals surface area (Å²) in [6, 6.07) is -0.419. The molecule has 3 aliphatic heterocycles. The van der Waals surface area contributed by atoms with Crippen LogP contribution in [0.4, 0.5) is 0 Å². The maximum Gasteiger partial charge on any atom is 0.270 e. The Morgan fingerprint density at radius 3 is 2.48 bits per heavy atom. The third kappa shape index (κ3) is 3.57. The van der Waals surface area contributed by atoms with Gasteiger partial charge in [-0.1, -0.05) is 6.92 Å². The fraction of sp³-hybridized carbons (Fsp3) is 0.800. The molecule has 0 aromatic carbocycles. The van der Waals surface area contributed by atoms with Gasteiger partial charge in [0.15, 0.2) is 9.84 Å². The number of hydrogen-bond donors (Lipinski definition) is 0. The van der Waals surface area contributed by atoms with Gasteiger partial charge in [-0.3, -0.25) is 9.59 Å². The SMILES string of the molecule is CC1CCN(C(=O)C2=NN(C3CCS(=O)(=O)C3)C(=O)CC2)CC1. The van der Waals surface area contributed by atoms with Crippen molar-refractivity contribution in [3.63, 3.8) is 0 Å². The van der Waals surface area contributed by atoms with E-state index < -0.39 is 15.9 Å². The molecule has 1 unspecified atom stereocenters. The van der Waals surface area contributed by atoms with Gasteiger partial charge in [-0.05, 0) is 25.2 Å². The molecule has 8 heteroatoms. The molecule has 2 saturated heterocycles. The van der Waals surface area contributed by atoms with Gasteiger partial charge >= 0.3 is 0 Å². The molecule has 0 aromatic rings. The molecule has 3 heterocycles. The molecule has 0 saturated carbocycles. The predicted octanol–water partition coefficient (Wildman–Crippen LogP) is 0.410. The van der Waals surface area contributed by atoms with Crippen LogP contribution in [0.2, 0.25) is 0 Å². The second kappa shape index (κ2) is 6.22. The quantitative estimate of drug-likeness (QED) is 0.728. The van der Waals surface area contributed by atoms with E-state index in [4.69, 9.17) is 0 Å². The van der Waals surface area contributed by atoms with E-state index in [9.17, 15) is 18.0 Å². The first-order valence-corrected chi connectivity index (χ1v) is 10.1. The Hall–Kier alpha value is -1.44. The van der Waals surface area contributed by atoms with Gasteiger partial charge in [-0.2, -0.15) is 5.10 Å². The van der Waals surface area contributed by atoms with Gasteiger partial charge in [-0.15, -0.1) is 0 Å². The van der Waals surface area contributed by atoms with E-state index >= 15 is 0 Å². The number of nitrogens with zero attached hydrogens (tertiary/aromatic N) is 3. The van der Waals surface area contributed by atoms with Gasteiger partial charge in [0, 0.05) is 25.9 Å². The molecule has 23 heavy (non-hydrogen) atoms. The van der Waals surface area contributed by atoms with Gasteiger partial charge in [0.2, 0.25) is 5.91 Å². The van der Waals surface area contributed by atoms with E-state index in [0.717, 1.165) is 25.9 Å². The highest BCUT2D eigenvalue weighted by Crippen LogP contribution is 2.23. The summed E-state index contributed by atoms with van der Waals surface area (Å²) in [7, 11) is -3.09. The topological polar surface area (TPSA) is 87.1 Å². The van der Waals surface area contributed by atoms with Crippen molar-refractivity contribution in [2.24, 2.45) is 11.0 Å². The standard InChI is InChI=1S/C15H23N3O4S/c1-11-4-7-17(8-5-11)15(20)13-2-3-14(19)18(16-13)12-6-9-23(21,22)10-12/h11-12H,2-10H2,1H3. The number of sulfone groups is 1. The fourth-order valence-corrected chi connectivity index (χ4v) is 5.07. The normalized spacial score (nSPS) is 28.8. The van der Waals surface area contributed by atoms with Crippen molar-refractivity contribution in [3.8, 4) is 0 Å². The Bertz CT molecular complexity index is 635. The minimum Gasteiger partial charge on any atom is -0.338 e. The van der Waals surface area contributed by atoms with Crippen molar-refractivity contribution in [1.82, 2.24) is 9.91 Å². The number of rotatable bonds is 2. The van der Waals surface area contributed by atoms with Crippen molar-refractivity contribution in [3.05, 3.63) is 0 Å². The van der Waals surface area contributed by atoms with Gasteiger partial charge in [0.25, 0.3) is 5.91 Å². The Kier molecular flexibility index (Phi) is 4.44. The molecule has 0 radical (unpaired) electrons. The third-order valence-electron chi connectivity index (χ3n) is 4.93. The predicted molar refractivity (Wildman–Crippen MR) is 85.6 cm³/mol. The van der Waals surface area contributed by atoms with Crippen molar-refractivity contribution in [2.75, 3.05) is 24.6 Å². The van der Waals surface area contributed by atoms with Crippen molar-refractivity contribution < 1.29 is 18.0 Å². The van der Waals surface area contributed by atoms with Crippen LogP contribution in [0.25, 0.3) is 0 Å². The summed E-state index contributed by atoms with van der Waals surface area (Å²) in [6.07, 6.45) is 2.95. The molecule has 0 bridgehead atoms. The molecule has 2 fully saturated rings. The van der Waals surface area contributed by atoms with Crippen LogP contribution in [-0.4, -0.2) is 66.5 Å². The van der Waals surface area contributed by atoms with Gasteiger partial charge in [0.05, 0.1) is 17.5 Å². The molecule has 0 aliphatic carbocycles. The highest BCUT2D eigenvalue weighted by molar-refractivity contribution is 7.91. The van der Waals surface area contributed by atoms with Crippen LogP contribution in [-0.2, 0) is 19.4 Å². The first kappa shape index (κ1) is 16.4. The van der Waals surface area contributed by atoms with E-state index in [0.29, 0.717) is 24.5 Å². The van der Waals surface area contributed by atoms with Gasteiger partial charge < -0.3 is 4.90 Å². The number of piperidine rings is 1. The van der Waals surface area contributed by atoms with Crippen LogP contribution in [0, 0.1) is 5.92 Å². The smallest absolute Gasteiger partial charge is 0.270 e. The van der Waals surface area contributed by atoms with E-state index in [1.54, 1.807) is 4.90 Å².